The first kappa shape index (κ1) is 17.0. The molecule has 27 heavy (non-hydrogen) atoms. The number of aryl methyl sites for hydroxylation is 1. The van der Waals surface area contributed by atoms with E-state index in [4.69, 9.17) is 16.7 Å². The standard InChI is InChI=1S/C20H19ClN4OS/c21-16-9-14(11-27-16)20-19(15-2-1-7-25(15)24-20)13-5-6-22-17(10-13)23-18(26)8-12-3-4-12/h5-6,9-12H,1-4,7-8H2,(H,22,23,26). The summed E-state index contributed by atoms with van der Waals surface area (Å²) in [5, 5.41) is 9.84. The predicted octanol–water partition coefficient (Wildman–Crippen LogP) is 5.01. The molecule has 0 bridgehead atoms. The van der Waals surface area contributed by atoms with E-state index in [1.807, 2.05) is 23.6 Å². The maximum atomic E-state index is 12.2. The van der Waals surface area contributed by atoms with Gasteiger partial charge >= 0.3 is 0 Å². The van der Waals surface area contributed by atoms with Gasteiger partial charge in [0.25, 0.3) is 0 Å². The molecule has 0 atom stereocenters. The lowest BCUT2D eigenvalue weighted by molar-refractivity contribution is -0.116. The van der Waals surface area contributed by atoms with Crippen LogP contribution in [0, 0.1) is 5.92 Å². The number of fused-ring (bicyclic) bond motifs is 1. The molecule has 2 aliphatic rings. The highest BCUT2D eigenvalue weighted by Gasteiger charge is 2.26. The Morgan fingerprint density at radius 1 is 1.33 bits per heavy atom. The molecular formula is C20H19ClN4OS. The Bertz CT molecular complexity index is 1020. The van der Waals surface area contributed by atoms with Crippen LogP contribution in [0.5, 0.6) is 0 Å². The number of hydrogen-bond donors (Lipinski definition) is 1. The minimum Gasteiger partial charge on any atom is -0.311 e. The number of carbonyl (C=O) groups excluding carboxylic acids is 1. The van der Waals surface area contributed by atoms with Gasteiger partial charge in [-0.05, 0) is 55.4 Å². The molecule has 138 valence electrons. The molecule has 0 saturated heterocycles. The number of nitrogens with zero attached hydrogens (tertiary/aromatic N) is 3. The summed E-state index contributed by atoms with van der Waals surface area (Å²) in [6, 6.07) is 5.91. The van der Waals surface area contributed by atoms with Crippen molar-refractivity contribution in [3.05, 3.63) is 39.8 Å². The van der Waals surface area contributed by atoms with Crippen LogP contribution in [-0.4, -0.2) is 20.7 Å². The van der Waals surface area contributed by atoms with Gasteiger partial charge in [0.2, 0.25) is 5.91 Å². The molecule has 0 spiro atoms. The average Bonchev–Trinajstić information content (AvgIpc) is 3.04. The highest BCUT2D eigenvalue weighted by molar-refractivity contribution is 7.14. The van der Waals surface area contributed by atoms with Crippen molar-refractivity contribution >= 4 is 34.7 Å². The minimum absolute atomic E-state index is 0.0484. The molecule has 5 nitrogen and oxygen atoms in total. The Balaban J connectivity index is 1.52. The maximum absolute atomic E-state index is 12.2. The Morgan fingerprint density at radius 2 is 2.22 bits per heavy atom. The molecule has 0 aromatic carbocycles. The molecule has 1 aliphatic heterocycles. The van der Waals surface area contributed by atoms with Gasteiger partial charge in [0, 0.05) is 41.4 Å². The highest BCUT2D eigenvalue weighted by Crippen LogP contribution is 2.40. The quantitative estimate of drug-likeness (QED) is 0.657. The van der Waals surface area contributed by atoms with Crippen molar-refractivity contribution in [2.24, 2.45) is 5.92 Å². The second-order valence-electron chi connectivity index (χ2n) is 7.26. The third-order valence-corrected chi connectivity index (χ3v) is 6.26. The van der Waals surface area contributed by atoms with Gasteiger partial charge in [-0.15, -0.1) is 11.3 Å². The van der Waals surface area contributed by atoms with Crippen molar-refractivity contribution in [3.63, 3.8) is 0 Å². The van der Waals surface area contributed by atoms with Gasteiger partial charge in [-0.2, -0.15) is 5.10 Å². The van der Waals surface area contributed by atoms with E-state index >= 15 is 0 Å². The number of aromatic nitrogens is 3. The van der Waals surface area contributed by atoms with Crippen LogP contribution in [0.2, 0.25) is 4.34 Å². The Hall–Kier alpha value is -2.18. The van der Waals surface area contributed by atoms with Crippen LogP contribution in [0.4, 0.5) is 5.82 Å². The van der Waals surface area contributed by atoms with E-state index in [-0.39, 0.29) is 5.91 Å². The second-order valence-corrected chi connectivity index (χ2v) is 8.80. The monoisotopic (exact) mass is 398 g/mol. The first-order chi connectivity index (χ1) is 13.2. The summed E-state index contributed by atoms with van der Waals surface area (Å²) in [5.41, 5.74) is 5.40. The first-order valence-electron chi connectivity index (χ1n) is 9.28. The van der Waals surface area contributed by atoms with E-state index in [2.05, 4.69) is 15.0 Å². The molecule has 7 heteroatoms. The van der Waals surface area contributed by atoms with Crippen LogP contribution in [0.25, 0.3) is 22.4 Å². The number of amides is 1. The number of nitrogens with one attached hydrogen (secondary N) is 1. The maximum Gasteiger partial charge on any atom is 0.225 e. The van der Waals surface area contributed by atoms with Crippen molar-refractivity contribution in [3.8, 4) is 22.4 Å². The largest absolute Gasteiger partial charge is 0.311 e. The fourth-order valence-corrected chi connectivity index (χ4v) is 4.57. The molecule has 3 aromatic heterocycles. The molecule has 1 aliphatic carbocycles. The summed E-state index contributed by atoms with van der Waals surface area (Å²) in [7, 11) is 0. The molecule has 1 N–H and O–H groups in total. The summed E-state index contributed by atoms with van der Waals surface area (Å²) in [5.74, 6) is 1.21. The number of carbonyl (C=O) groups is 1. The molecule has 5 rings (SSSR count). The number of pyridine rings is 1. The number of anilines is 1. The molecule has 0 unspecified atom stereocenters. The molecule has 3 aromatic rings. The first-order valence-corrected chi connectivity index (χ1v) is 10.5. The van der Waals surface area contributed by atoms with E-state index in [9.17, 15) is 4.79 Å². The average molecular weight is 399 g/mol. The van der Waals surface area contributed by atoms with E-state index in [0.717, 1.165) is 58.9 Å². The van der Waals surface area contributed by atoms with Gasteiger partial charge < -0.3 is 5.32 Å². The van der Waals surface area contributed by atoms with Crippen molar-refractivity contribution in [2.75, 3.05) is 5.32 Å². The number of hydrogen-bond acceptors (Lipinski definition) is 4. The molecule has 0 radical (unpaired) electrons. The smallest absolute Gasteiger partial charge is 0.225 e. The predicted molar refractivity (Wildman–Crippen MR) is 108 cm³/mol. The fourth-order valence-electron chi connectivity index (χ4n) is 3.70. The summed E-state index contributed by atoms with van der Waals surface area (Å²) in [6.07, 6.45) is 6.78. The second kappa shape index (κ2) is 6.77. The zero-order chi connectivity index (χ0) is 18.4. The van der Waals surface area contributed by atoms with E-state index in [1.54, 1.807) is 6.20 Å². The zero-order valence-electron chi connectivity index (χ0n) is 14.7. The summed E-state index contributed by atoms with van der Waals surface area (Å²) >= 11 is 7.67. The van der Waals surface area contributed by atoms with Crippen LogP contribution in [0.3, 0.4) is 0 Å². The Kier molecular flexibility index (Phi) is 4.25. The number of rotatable bonds is 5. The van der Waals surface area contributed by atoms with Crippen LogP contribution >= 0.6 is 22.9 Å². The lowest BCUT2D eigenvalue weighted by Crippen LogP contribution is -2.12. The SMILES string of the molecule is O=C(CC1CC1)Nc1cc(-c2c(-c3csc(Cl)c3)nn3c2CCC3)ccn1. The van der Waals surface area contributed by atoms with Gasteiger partial charge in [-0.25, -0.2) is 4.98 Å². The van der Waals surface area contributed by atoms with Gasteiger partial charge in [-0.1, -0.05) is 11.6 Å². The van der Waals surface area contributed by atoms with Gasteiger partial charge in [0.15, 0.2) is 0 Å². The van der Waals surface area contributed by atoms with E-state index in [1.165, 1.54) is 17.0 Å². The third-order valence-electron chi connectivity index (χ3n) is 5.17. The van der Waals surface area contributed by atoms with Crippen LogP contribution in [0.1, 0.15) is 31.4 Å². The summed E-state index contributed by atoms with van der Waals surface area (Å²) in [6.45, 7) is 0.941. The van der Waals surface area contributed by atoms with Gasteiger partial charge in [0.05, 0.1) is 4.34 Å². The summed E-state index contributed by atoms with van der Waals surface area (Å²) < 4.78 is 2.86. The van der Waals surface area contributed by atoms with Crippen molar-refractivity contribution in [1.29, 1.82) is 0 Å². The Morgan fingerprint density at radius 3 is 3.00 bits per heavy atom. The third kappa shape index (κ3) is 3.39. The minimum atomic E-state index is 0.0484. The van der Waals surface area contributed by atoms with E-state index < -0.39 is 0 Å². The highest BCUT2D eigenvalue weighted by atomic mass is 35.5. The molecule has 4 heterocycles. The molecule has 1 amide bonds. The van der Waals surface area contributed by atoms with E-state index in [0.29, 0.717) is 18.2 Å². The summed E-state index contributed by atoms with van der Waals surface area (Å²) in [4.78, 5) is 16.5. The van der Waals surface area contributed by atoms with Crippen LogP contribution in [0.15, 0.2) is 29.8 Å². The molecule has 1 fully saturated rings. The lowest BCUT2D eigenvalue weighted by Gasteiger charge is -2.08. The van der Waals surface area contributed by atoms with Crippen LogP contribution < -0.4 is 5.32 Å². The Labute approximate surface area is 166 Å². The normalized spacial score (nSPS) is 15.7. The number of halogens is 1. The van der Waals surface area contributed by atoms with Gasteiger partial charge in [-0.3, -0.25) is 9.48 Å². The zero-order valence-corrected chi connectivity index (χ0v) is 16.3. The van der Waals surface area contributed by atoms with Crippen molar-refractivity contribution in [1.82, 2.24) is 14.8 Å². The number of thiophene rings is 1. The van der Waals surface area contributed by atoms with Crippen molar-refractivity contribution in [2.45, 2.75) is 38.6 Å². The van der Waals surface area contributed by atoms with Gasteiger partial charge in [0.1, 0.15) is 11.5 Å². The molecular weight excluding hydrogens is 380 g/mol. The lowest BCUT2D eigenvalue weighted by atomic mass is 10.00. The topological polar surface area (TPSA) is 59.8 Å². The van der Waals surface area contributed by atoms with Crippen molar-refractivity contribution < 1.29 is 4.79 Å². The molecule has 1 saturated carbocycles. The fraction of sp³-hybridized carbons (Fsp3) is 0.350. The van der Waals surface area contributed by atoms with Crippen LogP contribution in [-0.2, 0) is 17.8 Å².